The molecule has 3 N–H and O–H groups in total. The van der Waals surface area contributed by atoms with Crippen LogP contribution in [0.4, 0.5) is 11.5 Å². The van der Waals surface area contributed by atoms with Crippen molar-refractivity contribution in [1.29, 1.82) is 5.26 Å². The molecule has 0 atom stereocenters. The van der Waals surface area contributed by atoms with E-state index in [1.807, 2.05) is 6.07 Å². The summed E-state index contributed by atoms with van der Waals surface area (Å²) in [5, 5.41) is 11.8. The molecule has 16 heavy (non-hydrogen) atoms. The van der Waals surface area contributed by atoms with Crippen molar-refractivity contribution < 1.29 is 0 Å². The van der Waals surface area contributed by atoms with Gasteiger partial charge >= 0.3 is 0 Å². The summed E-state index contributed by atoms with van der Waals surface area (Å²) in [7, 11) is 0. The smallest absolute Gasteiger partial charge is 0.149 e. The van der Waals surface area contributed by atoms with Gasteiger partial charge in [-0.15, -0.1) is 0 Å². The molecule has 86 valence electrons. The zero-order chi connectivity index (χ0) is 12.2. The number of hydrogen-bond acceptors (Lipinski definition) is 4. The summed E-state index contributed by atoms with van der Waals surface area (Å²) in [5.41, 5.74) is 7.06. The van der Waals surface area contributed by atoms with Gasteiger partial charge in [0.05, 0.1) is 11.3 Å². The quantitative estimate of drug-likeness (QED) is 0.816. The fourth-order valence-corrected chi connectivity index (χ4v) is 1.25. The molecule has 0 aliphatic rings. The third-order valence-corrected chi connectivity index (χ3v) is 2.21. The van der Waals surface area contributed by atoms with Gasteiger partial charge in [-0.1, -0.05) is 20.8 Å². The predicted molar refractivity (Wildman–Crippen MR) is 65.9 cm³/mol. The van der Waals surface area contributed by atoms with Gasteiger partial charge in [0.2, 0.25) is 0 Å². The fraction of sp³-hybridized carbons (Fsp3) is 0.500. The van der Waals surface area contributed by atoms with E-state index in [-0.39, 0.29) is 5.41 Å². The zero-order valence-electron chi connectivity index (χ0n) is 10.0. The monoisotopic (exact) mass is 218 g/mol. The van der Waals surface area contributed by atoms with Crippen LogP contribution in [0.1, 0.15) is 32.8 Å². The van der Waals surface area contributed by atoms with Gasteiger partial charge in [0.15, 0.2) is 0 Å². The Labute approximate surface area is 96.5 Å². The highest BCUT2D eigenvalue weighted by molar-refractivity contribution is 5.62. The van der Waals surface area contributed by atoms with Crippen molar-refractivity contribution in [3.05, 3.63) is 17.8 Å². The van der Waals surface area contributed by atoms with E-state index in [2.05, 4.69) is 31.1 Å². The van der Waals surface area contributed by atoms with Gasteiger partial charge in [-0.05, 0) is 17.9 Å². The number of nitrogens with one attached hydrogen (secondary N) is 1. The Hall–Kier alpha value is -1.76. The second-order valence-corrected chi connectivity index (χ2v) is 5.01. The molecule has 0 amide bonds. The lowest BCUT2D eigenvalue weighted by Gasteiger charge is -2.18. The summed E-state index contributed by atoms with van der Waals surface area (Å²) in [5.74, 6) is 0.656. The maximum absolute atomic E-state index is 8.67. The molecular weight excluding hydrogens is 200 g/mol. The van der Waals surface area contributed by atoms with E-state index >= 15 is 0 Å². The Morgan fingerprint density at radius 1 is 1.50 bits per heavy atom. The lowest BCUT2D eigenvalue weighted by molar-refractivity contribution is 0.389. The van der Waals surface area contributed by atoms with Gasteiger partial charge in [-0.2, -0.15) is 5.26 Å². The Kier molecular flexibility index (Phi) is 3.73. The minimum atomic E-state index is 0.286. The first-order valence-corrected chi connectivity index (χ1v) is 5.32. The average molecular weight is 218 g/mol. The van der Waals surface area contributed by atoms with Gasteiger partial charge in [0.25, 0.3) is 0 Å². The Morgan fingerprint density at radius 2 is 2.19 bits per heavy atom. The molecule has 0 spiro atoms. The van der Waals surface area contributed by atoms with Crippen molar-refractivity contribution in [3.8, 4) is 6.07 Å². The third kappa shape index (κ3) is 3.77. The topological polar surface area (TPSA) is 74.7 Å². The number of hydrogen-bond donors (Lipinski definition) is 2. The lowest BCUT2D eigenvalue weighted by atomic mass is 9.92. The summed E-state index contributed by atoms with van der Waals surface area (Å²) in [6.07, 6.45) is 2.56. The van der Waals surface area contributed by atoms with Crippen LogP contribution in [0.25, 0.3) is 0 Å². The van der Waals surface area contributed by atoms with Crippen LogP contribution in [0.2, 0.25) is 0 Å². The van der Waals surface area contributed by atoms with Crippen molar-refractivity contribution in [2.75, 3.05) is 17.6 Å². The van der Waals surface area contributed by atoms with Gasteiger partial charge in [-0.3, -0.25) is 0 Å². The molecule has 0 aliphatic carbocycles. The number of rotatable bonds is 3. The second kappa shape index (κ2) is 4.84. The van der Waals surface area contributed by atoms with Gasteiger partial charge in [-0.25, -0.2) is 4.98 Å². The first kappa shape index (κ1) is 12.3. The second-order valence-electron chi connectivity index (χ2n) is 5.01. The average Bonchev–Trinajstić information content (AvgIpc) is 2.18. The summed E-state index contributed by atoms with van der Waals surface area (Å²) < 4.78 is 0. The zero-order valence-corrected chi connectivity index (χ0v) is 10.0. The highest BCUT2D eigenvalue weighted by Gasteiger charge is 2.10. The van der Waals surface area contributed by atoms with Crippen LogP contribution in [0.15, 0.2) is 12.3 Å². The van der Waals surface area contributed by atoms with Crippen molar-refractivity contribution in [2.24, 2.45) is 5.41 Å². The van der Waals surface area contributed by atoms with Gasteiger partial charge in [0, 0.05) is 12.7 Å². The molecule has 1 heterocycles. The maximum Gasteiger partial charge on any atom is 0.149 e. The van der Waals surface area contributed by atoms with Crippen molar-refractivity contribution in [2.45, 2.75) is 27.2 Å². The molecule has 0 bridgehead atoms. The van der Waals surface area contributed by atoms with Crippen LogP contribution in [0.3, 0.4) is 0 Å². The molecule has 0 aromatic carbocycles. The molecule has 1 aromatic rings. The molecule has 0 aliphatic heterocycles. The molecule has 1 aromatic heterocycles. The first-order chi connectivity index (χ1) is 7.42. The van der Waals surface area contributed by atoms with Crippen molar-refractivity contribution in [3.63, 3.8) is 0 Å². The number of anilines is 2. The Morgan fingerprint density at radius 3 is 2.69 bits per heavy atom. The van der Waals surface area contributed by atoms with Gasteiger partial charge in [0.1, 0.15) is 11.9 Å². The summed E-state index contributed by atoms with van der Waals surface area (Å²) in [4.78, 5) is 4.11. The molecule has 4 heteroatoms. The van der Waals surface area contributed by atoms with E-state index in [1.165, 1.54) is 6.20 Å². The SMILES string of the molecule is CC(C)(C)CCNc1ncc(C#N)cc1N. The van der Waals surface area contributed by atoms with Crippen LogP contribution in [0.5, 0.6) is 0 Å². The summed E-state index contributed by atoms with van der Waals surface area (Å²) >= 11 is 0. The highest BCUT2D eigenvalue weighted by Crippen LogP contribution is 2.20. The minimum absolute atomic E-state index is 0.286. The minimum Gasteiger partial charge on any atom is -0.396 e. The fourth-order valence-electron chi connectivity index (χ4n) is 1.25. The van der Waals surface area contributed by atoms with Gasteiger partial charge < -0.3 is 11.1 Å². The van der Waals surface area contributed by atoms with Crippen LogP contribution in [0, 0.1) is 16.7 Å². The largest absolute Gasteiger partial charge is 0.396 e. The van der Waals surface area contributed by atoms with E-state index in [0.717, 1.165) is 13.0 Å². The van der Waals surface area contributed by atoms with Crippen molar-refractivity contribution in [1.82, 2.24) is 4.98 Å². The number of pyridine rings is 1. The summed E-state index contributed by atoms with van der Waals surface area (Å²) in [6, 6.07) is 3.64. The molecular formula is C12H18N4. The predicted octanol–water partition coefficient (Wildman–Crippen LogP) is 2.38. The summed E-state index contributed by atoms with van der Waals surface area (Å²) in [6.45, 7) is 7.38. The molecule has 0 unspecified atom stereocenters. The van der Waals surface area contributed by atoms with E-state index < -0.39 is 0 Å². The molecule has 0 radical (unpaired) electrons. The number of nitrogen functional groups attached to an aromatic ring is 1. The Balaban J connectivity index is 2.59. The molecule has 1 rings (SSSR count). The normalized spacial score (nSPS) is 10.9. The molecule has 4 nitrogen and oxygen atoms in total. The molecule has 0 saturated heterocycles. The molecule has 0 saturated carbocycles. The number of nitriles is 1. The Bertz CT molecular complexity index is 398. The number of nitrogens with two attached hydrogens (primary N) is 1. The third-order valence-electron chi connectivity index (χ3n) is 2.21. The van der Waals surface area contributed by atoms with E-state index in [9.17, 15) is 0 Å². The lowest BCUT2D eigenvalue weighted by Crippen LogP contribution is -2.14. The van der Waals surface area contributed by atoms with E-state index in [0.29, 0.717) is 17.1 Å². The van der Waals surface area contributed by atoms with Crippen LogP contribution in [-0.4, -0.2) is 11.5 Å². The van der Waals surface area contributed by atoms with E-state index in [1.54, 1.807) is 6.07 Å². The highest BCUT2D eigenvalue weighted by atomic mass is 15.0. The first-order valence-electron chi connectivity index (χ1n) is 5.32. The van der Waals surface area contributed by atoms with Crippen LogP contribution >= 0.6 is 0 Å². The number of nitrogens with zero attached hydrogens (tertiary/aromatic N) is 2. The molecule has 0 fully saturated rings. The maximum atomic E-state index is 8.67. The standard InChI is InChI=1S/C12H18N4/c1-12(2,3)4-5-15-11-10(14)6-9(7-13)8-16-11/h6,8H,4-5,14H2,1-3H3,(H,15,16). The number of aromatic nitrogens is 1. The van der Waals surface area contributed by atoms with Crippen LogP contribution < -0.4 is 11.1 Å². The van der Waals surface area contributed by atoms with E-state index in [4.69, 9.17) is 11.0 Å². The van der Waals surface area contributed by atoms with Crippen molar-refractivity contribution >= 4 is 11.5 Å². The van der Waals surface area contributed by atoms with Crippen LogP contribution in [-0.2, 0) is 0 Å².